The van der Waals surface area contributed by atoms with Crippen molar-refractivity contribution in [1.82, 2.24) is 9.21 Å². The van der Waals surface area contributed by atoms with E-state index in [-0.39, 0.29) is 10.6 Å². The minimum Gasteiger partial charge on any atom is -0.495 e. The van der Waals surface area contributed by atoms with E-state index in [9.17, 15) is 12.8 Å². The third kappa shape index (κ3) is 2.94. The number of methoxy groups -OCH3 is 1. The van der Waals surface area contributed by atoms with Crippen molar-refractivity contribution in [2.45, 2.75) is 11.8 Å². The fraction of sp³-hybridized carbons (Fsp3) is 0.538. The maximum absolute atomic E-state index is 13.4. The maximum atomic E-state index is 13.4. The van der Waals surface area contributed by atoms with Crippen molar-refractivity contribution in [3.05, 3.63) is 24.0 Å². The molecule has 1 aromatic rings. The summed E-state index contributed by atoms with van der Waals surface area (Å²) < 4.78 is 44.9. The summed E-state index contributed by atoms with van der Waals surface area (Å²) in [5.41, 5.74) is 0. The maximum Gasteiger partial charge on any atom is 0.246 e. The lowest BCUT2D eigenvalue weighted by Crippen LogP contribution is -2.48. The molecule has 0 bridgehead atoms. The van der Waals surface area contributed by atoms with Crippen molar-refractivity contribution in [2.75, 3.05) is 39.8 Å². The number of piperazine rings is 1. The van der Waals surface area contributed by atoms with Crippen molar-refractivity contribution in [2.24, 2.45) is 0 Å². The van der Waals surface area contributed by atoms with Crippen LogP contribution in [0.4, 0.5) is 4.39 Å². The van der Waals surface area contributed by atoms with Crippen molar-refractivity contribution < 1.29 is 17.5 Å². The summed E-state index contributed by atoms with van der Waals surface area (Å²) in [5, 5.41) is 0. The predicted molar refractivity (Wildman–Crippen MR) is 73.8 cm³/mol. The van der Waals surface area contributed by atoms with Gasteiger partial charge in [0.05, 0.1) is 7.11 Å². The topological polar surface area (TPSA) is 49.9 Å². The molecule has 1 aliphatic heterocycles. The van der Waals surface area contributed by atoms with E-state index < -0.39 is 15.8 Å². The molecule has 0 radical (unpaired) electrons. The average Bonchev–Trinajstić information content (AvgIpc) is 2.47. The van der Waals surface area contributed by atoms with Crippen LogP contribution in [0.1, 0.15) is 6.92 Å². The molecule has 5 nitrogen and oxygen atoms in total. The Morgan fingerprint density at radius 1 is 1.25 bits per heavy atom. The predicted octanol–water partition coefficient (Wildman–Crippen LogP) is 1.16. The van der Waals surface area contributed by atoms with Crippen LogP contribution < -0.4 is 4.74 Å². The molecule has 0 saturated carbocycles. The number of likely N-dealkylation sites (N-methyl/N-ethyl adjacent to an activating group) is 1. The summed E-state index contributed by atoms with van der Waals surface area (Å²) in [5.74, 6) is -0.416. The molecule has 0 aliphatic carbocycles. The Morgan fingerprint density at radius 2 is 1.90 bits per heavy atom. The molecule has 1 saturated heterocycles. The van der Waals surface area contributed by atoms with Gasteiger partial charge in [0.2, 0.25) is 10.0 Å². The highest BCUT2D eigenvalue weighted by Crippen LogP contribution is 2.28. The molecular weight excluding hydrogens is 283 g/mol. The molecule has 1 aromatic carbocycles. The number of benzene rings is 1. The molecule has 0 unspecified atom stereocenters. The summed E-state index contributed by atoms with van der Waals surface area (Å²) >= 11 is 0. The summed E-state index contributed by atoms with van der Waals surface area (Å²) in [6.45, 7) is 5.14. The number of nitrogens with zero attached hydrogens (tertiary/aromatic N) is 2. The Bertz CT molecular complexity index is 569. The summed E-state index contributed by atoms with van der Waals surface area (Å²) in [7, 11) is -2.34. The molecule has 112 valence electrons. The molecular formula is C13H19FN2O3S. The first kappa shape index (κ1) is 15.2. The van der Waals surface area contributed by atoms with Gasteiger partial charge in [-0.2, -0.15) is 4.31 Å². The zero-order chi connectivity index (χ0) is 14.8. The minimum absolute atomic E-state index is 0.107. The fourth-order valence-electron chi connectivity index (χ4n) is 2.28. The summed E-state index contributed by atoms with van der Waals surface area (Å²) in [6, 6.07) is 3.54. The number of rotatable bonds is 4. The highest BCUT2D eigenvalue weighted by Gasteiger charge is 2.30. The van der Waals surface area contributed by atoms with E-state index in [0.29, 0.717) is 26.2 Å². The van der Waals surface area contributed by atoms with E-state index in [4.69, 9.17) is 4.74 Å². The van der Waals surface area contributed by atoms with E-state index in [1.165, 1.54) is 23.5 Å². The normalized spacial score (nSPS) is 18.1. The zero-order valence-corrected chi connectivity index (χ0v) is 12.5. The van der Waals surface area contributed by atoms with Crippen LogP contribution in [0.25, 0.3) is 0 Å². The monoisotopic (exact) mass is 302 g/mol. The summed E-state index contributed by atoms with van der Waals surface area (Å²) in [6.07, 6.45) is 0. The number of hydrogen-bond donors (Lipinski definition) is 0. The molecule has 0 N–H and O–H groups in total. The molecule has 0 aromatic heterocycles. The van der Waals surface area contributed by atoms with Crippen LogP contribution in [0, 0.1) is 5.82 Å². The zero-order valence-electron chi connectivity index (χ0n) is 11.7. The number of ether oxygens (including phenoxy) is 1. The third-order valence-electron chi connectivity index (χ3n) is 3.52. The Labute approximate surface area is 119 Å². The van der Waals surface area contributed by atoms with Gasteiger partial charge in [0.1, 0.15) is 16.5 Å². The second kappa shape index (κ2) is 6.07. The first-order valence-electron chi connectivity index (χ1n) is 6.55. The molecule has 0 spiro atoms. The molecule has 1 heterocycles. The largest absolute Gasteiger partial charge is 0.495 e. The van der Waals surface area contributed by atoms with Gasteiger partial charge < -0.3 is 9.64 Å². The molecule has 7 heteroatoms. The van der Waals surface area contributed by atoms with Gasteiger partial charge in [-0.05, 0) is 24.7 Å². The van der Waals surface area contributed by atoms with Crippen LogP contribution in [-0.4, -0.2) is 57.5 Å². The molecule has 20 heavy (non-hydrogen) atoms. The first-order valence-corrected chi connectivity index (χ1v) is 7.99. The van der Waals surface area contributed by atoms with Crippen LogP contribution >= 0.6 is 0 Å². The van der Waals surface area contributed by atoms with Crippen molar-refractivity contribution in [3.8, 4) is 5.75 Å². The standard InChI is InChI=1S/C13H19FN2O3S/c1-3-15-6-8-16(9-7-15)20(17,18)13-10-11(14)4-5-12(13)19-2/h4-5,10H,3,6-9H2,1-2H3. The number of halogens is 1. The third-order valence-corrected chi connectivity index (χ3v) is 5.44. The lowest BCUT2D eigenvalue weighted by atomic mass is 10.3. The van der Waals surface area contributed by atoms with Gasteiger partial charge in [0.15, 0.2) is 0 Å². The smallest absolute Gasteiger partial charge is 0.246 e. The lowest BCUT2D eigenvalue weighted by Gasteiger charge is -2.33. The number of sulfonamides is 1. The van der Waals surface area contributed by atoms with Gasteiger partial charge in [-0.15, -0.1) is 0 Å². The van der Waals surface area contributed by atoms with Crippen LogP contribution in [0.5, 0.6) is 5.75 Å². The summed E-state index contributed by atoms with van der Waals surface area (Å²) in [4.78, 5) is 2.07. The van der Waals surface area contributed by atoms with Gasteiger partial charge in [-0.3, -0.25) is 0 Å². The van der Waals surface area contributed by atoms with Crippen LogP contribution in [0.3, 0.4) is 0 Å². The van der Waals surface area contributed by atoms with Crippen molar-refractivity contribution in [1.29, 1.82) is 0 Å². The molecule has 0 atom stereocenters. The van der Waals surface area contributed by atoms with E-state index in [1.54, 1.807) is 0 Å². The Hall–Kier alpha value is -1.18. The Morgan fingerprint density at radius 3 is 2.45 bits per heavy atom. The Balaban J connectivity index is 2.29. The van der Waals surface area contributed by atoms with Gasteiger partial charge in [-0.1, -0.05) is 6.92 Å². The second-order valence-corrected chi connectivity index (χ2v) is 6.54. The molecule has 1 fully saturated rings. The van der Waals surface area contributed by atoms with Crippen LogP contribution in [0.15, 0.2) is 23.1 Å². The van der Waals surface area contributed by atoms with E-state index in [1.807, 2.05) is 6.92 Å². The quantitative estimate of drug-likeness (QED) is 0.837. The Kier molecular flexibility index (Phi) is 4.62. The van der Waals surface area contributed by atoms with E-state index >= 15 is 0 Å². The van der Waals surface area contributed by atoms with Gasteiger partial charge in [-0.25, -0.2) is 12.8 Å². The lowest BCUT2D eigenvalue weighted by molar-refractivity contribution is 0.196. The van der Waals surface area contributed by atoms with Crippen molar-refractivity contribution in [3.63, 3.8) is 0 Å². The van der Waals surface area contributed by atoms with Crippen LogP contribution in [-0.2, 0) is 10.0 Å². The fourth-order valence-corrected chi connectivity index (χ4v) is 3.87. The molecule has 0 amide bonds. The average molecular weight is 302 g/mol. The minimum atomic E-state index is -3.72. The first-order chi connectivity index (χ1) is 9.48. The SMILES string of the molecule is CCN1CCN(S(=O)(=O)c2cc(F)ccc2OC)CC1. The van der Waals surface area contributed by atoms with Crippen LogP contribution in [0.2, 0.25) is 0 Å². The van der Waals surface area contributed by atoms with E-state index in [0.717, 1.165) is 12.6 Å². The second-order valence-electron chi connectivity index (χ2n) is 4.63. The number of hydrogen-bond acceptors (Lipinski definition) is 4. The highest BCUT2D eigenvalue weighted by atomic mass is 32.2. The molecule has 1 aliphatic rings. The highest BCUT2D eigenvalue weighted by molar-refractivity contribution is 7.89. The van der Waals surface area contributed by atoms with Crippen molar-refractivity contribution >= 4 is 10.0 Å². The van der Waals surface area contributed by atoms with E-state index in [2.05, 4.69) is 4.90 Å². The van der Waals surface area contributed by atoms with Gasteiger partial charge >= 0.3 is 0 Å². The van der Waals surface area contributed by atoms with Gasteiger partial charge in [0, 0.05) is 26.2 Å². The molecule has 2 rings (SSSR count). The van der Waals surface area contributed by atoms with Gasteiger partial charge in [0.25, 0.3) is 0 Å².